The average molecular weight is 290 g/mol. The molecule has 0 bridgehead atoms. The van der Waals surface area contributed by atoms with Gasteiger partial charge in [0.1, 0.15) is 5.75 Å². The average Bonchev–Trinajstić information content (AvgIpc) is 2.45. The number of ether oxygens (including phenoxy) is 1. The van der Waals surface area contributed by atoms with Crippen LogP contribution in [-0.2, 0) is 16.1 Å². The quantitative estimate of drug-likeness (QED) is 0.919. The molecule has 0 aromatic heterocycles. The van der Waals surface area contributed by atoms with E-state index in [0.29, 0.717) is 18.0 Å². The Labute approximate surface area is 125 Å². The molecule has 0 fully saturated rings. The summed E-state index contributed by atoms with van der Waals surface area (Å²) in [6.45, 7) is 7.49. The number of benzene rings is 1. The third kappa shape index (κ3) is 2.78. The van der Waals surface area contributed by atoms with E-state index in [4.69, 9.17) is 10.5 Å². The van der Waals surface area contributed by atoms with Crippen molar-refractivity contribution in [1.82, 2.24) is 0 Å². The van der Waals surface area contributed by atoms with Crippen LogP contribution in [0, 0.1) is 5.92 Å². The molecule has 5 heteroatoms. The fraction of sp³-hybridized carbons (Fsp3) is 0.500. The maximum Gasteiger partial charge on any atom is 0.269 e. The van der Waals surface area contributed by atoms with Gasteiger partial charge in [0, 0.05) is 6.54 Å². The van der Waals surface area contributed by atoms with E-state index < -0.39 is 12.1 Å². The van der Waals surface area contributed by atoms with Crippen molar-refractivity contribution in [1.29, 1.82) is 0 Å². The molecule has 2 unspecified atom stereocenters. The van der Waals surface area contributed by atoms with E-state index in [0.717, 1.165) is 5.56 Å². The van der Waals surface area contributed by atoms with E-state index in [-0.39, 0.29) is 17.6 Å². The van der Waals surface area contributed by atoms with Crippen molar-refractivity contribution in [2.45, 2.75) is 46.4 Å². The van der Waals surface area contributed by atoms with Gasteiger partial charge in [-0.25, -0.2) is 0 Å². The Bertz CT molecular complexity index is 569. The molecule has 1 aliphatic rings. The van der Waals surface area contributed by atoms with Crippen molar-refractivity contribution in [3.05, 3.63) is 23.8 Å². The van der Waals surface area contributed by atoms with Gasteiger partial charge in [0.05, 0.1) is 11.7 Å². The molecule has 1 aliphatic heterocycles. The van der Waals surface area contributed by atoms with Crippen LogP contribution in [0.15, 0.2) is 18.2 Å². The number of hydrogen-bond acceptors (Lipinski definition) is 4. The maximum atomic E-state index is 12.7. The van der Waals surface area contributed by atoms with Crippen molar-refractivity contribution in [3.8, 4) is 5.75 Å². The number of nitrogens with zero attached hydrogens (tertiary/aromatic N) is 1. The normalized spacial score (nSPS) is 19.2. The largest absolute Gasteiger partial charge is 0.478 e. The van der Waals surface area contributed by atoms with E-state index in [1.165, 1.54) is 6.92 Å². The standard InChI is InChI=1S/C16H22N2O3/c1-9(2)15-16(20)18(10(3)11(4)19)13-6-5-12(8-17)7-14(13)21-15/h5-7,9-10,15H,8,17H2,1-4H3. The van der Waals surface area contributed by atoms with Gasteiger partial charge < -0.3 is 10.5 Å². The highest BCUT2D eigenvalue weighted by Gasteiger charge is 2.39. The molecule has 21 heavy (non-hydrogen) atoms. The third-order valence-electron chi connectivity index (χ3n) is 3.84. The Hall–Kier alpha value is -1.88. The van der Waals surface area contributed by atoms with Gasteiger partial charge in [0.15, 0.2) is 11.9 Å². The monoisotopic (exact) mass is 290 g/mol. The zero-order chi connectivity index (χ0) is 15.7. The number of nitrogens with two attached hydrogens (primary N) is 1. The summed E-state index contributed by atoms with van der Waals surface area (Å²) in [4.78, 5) is 25.9. The first kappa shape index (κ1) is 15.5. The molecule has 0 aliphatic carbocycles. The Kier molecular flexibility index (Phi) is 4.32. The Morgan fingerprint density at radius 3 is 2.57 bits per heavy atom. The SMILES string of the molecule is CC(=O)C(C)N1C(=O)C(C(C)C)Oc2cc(CN)ccc21. The summed E-state index contributed by atoms with van der Waals surface area (Å²) in [6.07, 6.45) is -0.577. The van der Waals surface area contributed by atoms with Gasteiger partial charge in [-0.15, -0.1) is 0 Å². The van der Waals surface area contributed by atoms with E-state index >= 15 is 0 Å². The number of hydrogen-bond donors (Lipinski definition) is 1. The molecule has 5 nitrogen and oxygen atoms in total. The predicted octanol–water partition coefficient (Wildman–Crippen LogP) is 1.87. The zero-order valence-corrected chi connectivity index (χ0v) is 12.9. The van der Waals surface area contributed by atoms with Crippen LogP contribution in [-0.4, -0.2) is 23.8 Å². The van der Waals surface area contributed by atoms with Crippen LogP contribution < -0.4 is 15.4 Å². The molecule has 1 aromatic carbocycles. The fourth-order valence-corrected chi connectivity index (χ4v) is 2.42. The number of amides is 1. The second-order valence-corrected chi connectivity index (χ2v) is 5.78. The summed E-state index contributed by atoms with van der Waals surface area (Å²) in [5.74, 6) is 0.417. The molecule has 1 heterocycles. The zero-order valence-electron chi connectivity index (χ0n) is 12.9. The minimum absolute atomic E-state index is 0.0221. The Morgan fingerprint density at radius 1 is 1.38 bits per heavy atom. The first-order valence-corrected chi connectivity index (χ1v) is 7.20. The van der Waals surface area contributed by atoms with Gasteiger partial charge in [-0.2, -0.15) is 0 Å². The second-order valence-electron chi connectivity index (χ2n) is 5.78. The lowest BCUT2D eigenvalue weighted by Crippen LogP contribution is -2.53. The van der Waals surface area contributed by atoms with Crippen LogP contribution in [0.2, 0.25) is 0 Å². The number of fused-ring (bicyclic) bond motifs is 1. The lowest BCUT2D eigenvalue weighted by molar-refractivity contribution is -0.131. The first-order valence-electron chi connectivity index (χ1n) is 7.20. The smallest absolute Gasteiger partial charge is 0.269 e. The minimum atomic E-state index is -0.577. The topological polar surface area (TPSA) is 72.6 Å². The van der Waals surface area contributed by atoms with Crippen molar-refractivity contribution in [2.24, 2.45) is 11.7 Å². The summed E-state index contributed by atoms with van der Waals surface area (Å²) in [5, 5.41) is 0. The first-order chi connectivity index (χ1) is 9.86. The summed E-state index contributed by atoms with van der Waals surface area (Å²) in [5.41, 5.74) is 7.22. The molecule has 2 atom stereocenters. The van der Waals surface area contributed by atoms with Crippen LogP contribution in [0.4, 0.5) is 5.69 Å². The summed E-state index contributed by atoms with van der Waals surface area (Å²) < 4.78 is 5.85. The van der Waals surface area contributed by atoms with Gasteiger partial charge in [-0.3, -0.25) is 14.5 Å². The van der Waals surface area contributed by atoms with Gasteiger partial charge in [0.25, 0.3) is 5.91 Å². The molecule has 0 saturated carbocycles. The molecule has 0 spiro atoms. The maximum absolute atomic E-state index is 12.7. The molecule has 114 valence electrons. The predicted molar refractivity (Wildman–Crippen MR) is 81.2 cm³/mol. The van der Waals surface area contributed by atoms with Crippen LogP contribution in [0.3, 0.4) is 0 Å². The number of rotatable bonds is 4. The minimum Gasteiger partial charge on any atom is -0.478 e. The second kappa shape index (κ2) is 5.85. The molecule has 2 rings (SSSR count). The highest BCUT2D eigenvalue weighted by atomic mass is 16.5. The number of ketones is 1. The molecule has 0 saturated heterocycles. The third-order valence-corrected chi connectivity index (χ3v) is 3.84. The van der Waals surface area contributed by atoms with Crippen molar-refractivity contribution in [2.75, 3.05) is 4.90 Å². The molecule has 0 radical (unpaired) electrons. The van der Waals surface area contributed by atoms with Gasteiger partial charge in [-0.05, 0) is 37.5 Å². The lowest BCUT2D eigenvalue weighted by atomic mass is 10.0. The van der Waals surface area contributed by atoms with Crippen LogP contribution in [0.25, 0.3) is 0 Å². The fourth-order valence-electron chi connectivity index (χ4n) is 2.42. The summed E-state index contributed by atoms with van der Waals surface area (Å²) >= 11 is 0. The Morgan fingerprint density at radius 2 is 2.05 bits per heavy atom. The highest BCUT2D eigenvalue weighted by molar-refractivity contribution is 6.05. The highest BCUT2D eigenvalue weighted by Crippen LogP contribution is 2.37. The van der Waals surface area contributed by atoms with E-state index in [1.807, 2.05) is 26.0 Å². The van der Waals surface area contributed by atoms with Gasteiger partial charge >= 0.3 is 0 Å². The molecule has 2 N–H and O–H groups in total. The van der Waals surface area contributed by atoms with E-state index in [1.54, 1.807) is 17.9 Å². The van der Waals surface area contributed by atoms with Crippen LogP contribution >= 0.6 is 0 Å². The molecule has 1 aromatic rings. The Balaban J connectivity index is 2.53. The van der Waals surface area contributed by atoms with Crippen LogP contribution in [0.5, 0.6) is 5.75 Å². The van der Waals surface area contributed by atoms with E-state index in [2.05, 4.69) is 0 Å². The van der Waals surface area contributed by atoms with Gasteiger partial charge in [0.2, 0.25) is 0 Å². The van der Waals surface area contributed by atoms with Gasteiger partial charge in [-0.1, -0.05) is 19.9 Å². The lowest BCUT2D eigenvalue weighted by Gasteiger charge is -2.38. The number of carbonyl (C=O) groups is 2. The molecular weight excluding hydrogens is 268 g/mol. The van der Waals surface area contributed by atoms with Crippen molar-refractivity contribution >= 4 is 17.4 Å². The van der Waals surface area contributed by atoms with Crippen molar-refractivity contribution in [3.63, 3.8) is 0 Å². The number of carbonyl (C=O) groups excluding carboxylic acids is 2. The molecular formula is C16H22N2O3. The van der Waals surface area contributed by atoms with Crippen molar-refractivity contribution < 1.29 is 14.3 Å². The number of anilines is 1. The number of Topliss-reactive ketones (excluding diaryl/α,β-unsaturated/α-hetero) is 1. The summed E-state index contributed by atoms with van der Waals surface area (Å²) in [6, 6.07) is 4.98. The summed E-state index contributed by atoms with van der Waals surface area (Å²) in [7, 11) is 0. The van der Waals surface area contributed by atoms with E-state index in [9.17, 15) is 9.59 Å². The van der Waals surface area contributed by atoms with Crippen LogP contribution in [0.1, 0.15) is 33.3 Å². The molecule has 1 amide bonds.